The summed E-state index contributed by atoms with van der Waals surface area (Å²) in [7, 11) is -2.51. The molecule has 29 heavy (non-hydrogen) atoms. The Morgan fingerprint density at radius 1 is 1.21 bits per heavy atom. The zero-order chi connectivity index (χ0) is 21.4. The number of amides is 1. The first-order valence-corrected chi connectivity index (χ1v) is 10.5. The van der Waals surface area contributed by atoms with Crippen LogP contribution in [0.2, 0.25) is 5.02 Å². The van der Waals surface area contributed by atoms with Crippen molar-refractivity contribution in [3.8, 4) is 34.9 Å². The summed E-state index contributed by atoms with van der Waals surface area (Å²) in [6.45, 7) is 0. The summed E-state index contributed by atoms with van der Waals surface area (Å²) in [5.74, 6) is 0.884. The second-order valence-corrected chi connectivity index (χ2v) is 8.78. The highest BCUT2D eigenvalue weighted by atomic mass is 35.5. The molecule has 148 valence electrons. The number of nitrogens with zero attached hydrogens (tertiary/aromatic N) is 2. The van der Waals surface area contributed by atoms with Gasteiger partial charge in [0.1, 0.15) is 12.7 Å². The quantitative estimate of drug-likeness (QED) is 0.293. The third-order valence-corrected chi connectivity index (χ3v) is 5.56. The number of halogens is 1. The average Bonchev–Trinajstić information content (AvgIpc) is 3.13. The van der Waals surface area contributed by atoms with E-state index < -0.39 is 26.4 Å². The molecule has 0 saturated carbocycles. The maximum absolute atomic E-state index is 12.3. The van der Waals surface area contributed by atoms with Gasteiger partial charge in [-0.2, -0.15) is 10.2 Å². The van der Waals surface area contributed by atoms with Gasteiger partial charge in [-0.25, -0.2) is 13.2 Å². The topological polar surface area (TPSA) is 97.5 Å². The van der Waals surface area contributed by atoms with Crippen LogP contribution in [0.1, 0.15) is 0 Å². The average molecular weight is 432 g/mol. The van der Waals surface area contributed by atoms with E-state index in [2.05, 4.69) is 4.98 Å². The summed E-state index contributed by atoms with van der Waals surface area (Å²) in [5, 5.41) is 11.0. The zero-order valence-electron chi connectivity index (χ0n) is 15.5. The minimum Gasteiger partial charge on any atom is -0.392 e. The first-order chi connectivity index (χ1) is 13.6. The summed E-state index contributed by atoms with van der Waals surface area (Å²) in [6.07, 6.45) is 6.19. The van der Waals surface area contributed by atoms with Gasteiger partial charge in [0.25, 0.3) is 0 Å². The molecule has 9 heteroatoms. The lowest BCUT2D eigenvalue weighted by molar-refractivity contribution is -0.152. The number of quaternary nitrogens is 1. The van der Waals surface area contributed by atoms with E-state index in [4.69, 9.17) is 22.4 Å². The van der Waals surface area contributed by atoms with E-state index in [-0.39, 0.29) is 21.9 Å². The smallest absolute Gasteiger partial charge is 0.392 e. The van der Waals surface area contributed by atoms with Crippen molar-refractivity contribution >= 4 is 33.4 Å². The Balaban J connectivity index is 2.34. The highest BCUT2D eigenvalue weighted by molar-refractivity contribution is 7.90. The molecule has 0 spiro atoms. The number of sulfone groups is 1. The van der Waals surface area contributed by atoms with E-state index >= 15 is 0 Å². The fourth-order valence-electron chi connectivity index (χ4n) is 2.67. The van der Waals surface area contributed by atoms with E-state index in [1.54, 1.807) is 42.5 Å². The van der Waals surface area contributed by atoms with Gasteiger partial charge >= 0.3 is 11.9 Å². The fourth-order valence-corrected chi connectivity index (χ4v) is 3.68. The number of terminal acetylenes is 1. The van der Waals surface area contributed by atoms with Crippen molar-refractivity contribution in [2.45, 2.75) is 4.90 Å². The Morgan fingerprint density at radius 2 is 1.83 bits per heavy atom. The number of rotatable bonds is 4. The van der Waals surface area contributed by atoms with Crippen LogP contribution in [0.25, 0.3) is 22.6 Å². The number of aromatic nitrogens is 1. The first kappa shape index (κ1) is 20.8. The van der Waals surface area contributed by atoms with Crippen molar-refractivity contribution in [1.82, 2.24) is 9.63 Å². The highest BCUT2D eigenvalue weighted by Gasteiger charge is 2.40. The lowest BCUT2D eigenvalue weighted by atomic mass is 10.1. The fraction of sp³-hybridized carbons (Fsp3) is 0.100. The third kappa shape index (κ3) is 3.95. The molecule has 7 nitrogen and oxygen atoms in total. The maximum Gasteiger partial charge on any atom is 0.447 e. The van der Waals surface area contributed by atoms with Crippen LogP contribution in [0.5, 0.6) is 0 Å². The normalized spacial score (nSPS) is 13.5. The zero-order valence-corrected chi connectivity index (χ0v) is 17.0. The second-order valence-electron chi connectivity index (χ2n) is 6.36. The number of hydrogen-bond donors (Lipinski definition) is 1. The molecule has 0 aliphatic heterocycles. The van der Waals surface area contributed by atoms with E-state index in [0.29, 0.717) is 10.6 Å². The van der Waals surface area contributed by atoms with Crippen LogP contribution in [0, 0.1) is 12.3 Å². The van der Waals surface area contributed by atoms with E-state index in [1.165, 1.54) is 6.07 Å². The Morgan fingerprint density at radius 3 is 2.41 bits per heavy atom. The van der Waals surface area contributed by atoms with Gasteiger partial charge in [0.05, 0.1) is 4.90 Å². The van der Waals surface area contributed by atoms with Crippen molar-refractivity contribution in [2.75, 3.05) is 13.3 Å². The molecule has 0 aliphatic carbocycles. The van der Waals surface area contributed by atoms with Gasteiger partial charge < -0.3 is 4.42 Å². The lowest BCUT2D eigenvalue weighted by Crippen LogP contribution is -2.46. The molecular formula is C20H16ClN2O5S+. The van der Waals surface area contributed by atoms with Crippen LogP contribution in [-0.4, -0.2) is 37.8 Å². The van der Waals surface area contributed by atoms with Crippen molar-refractivity contribution < 1.29 is 22.8 Å². The van der Waals surface area contributed by atoms with Crippen LogP contribution < -0.4 is 4.65 Å². The van der Waals surface area contributed by atoms with Gasteiger partial charge in [-0.3, -0.25) is 0 Å². The molecule has 3 aromatic rings. The third-order valence-electron chi connectivity index (χ3n) is 4.16. The van der Waals surface area contributed by atoms with Crippen LogP contribution in [0.3, 0.4) is 0 Å². The molecule has 0 bridgehead atoms. The summed E-state index contributed by atoms with van der Waals surface area (Å²) in [5.41, 5.74) is 0.985. The van der Waals surface area contributed by atoms with Crippen molar-refractivity contribution in [3.05, 3.63) is 53.6 Å². The van der Waals surface area contributed by atoms with Crippen LogP contribution >= 0.6 is 11.6 Å². The largest absolute Gasteiger partial charge is 0.447 e. The molecule has 1 unspecified atom stereocenters. The Labute approximate surface area is 172 Å². The molecular weight excluding hydrogens is 416 g/mol. The number of hydrogen-bond acceptors (Lipinski definition) is 6. The molecule has 2 aromatic carbocycles. The van der Waals surface area contributed by atoms with Crippen molar-refractivity contribution in [3.63, 3.8) is 0 Å². The van der Waals surface area contributed by atoms with Gasteiger partial charge in [0.15, 0.2) is 15.6 Å². The monoisotopic (exact) mass is 431 g/mol. The number of oxazole rings is 1. The summed E-state index contributed by atoms with van der Waals surface area (Å²) in [6, 6.07) is 12.3. The van der Waals surface area contributed by atoms with Crippen LogP contribution in [0.15, 0.2) is 57.8 Å². The predicted octanol–water partition coefficient (Wildman–Crippen LogP) is 3.55. The first-order valence-electron chi connectivity index (χ1n) is 8.23. The predicted molar refractivity (Wildman–Crippen MR) is 109 cm³/mol. The van der Waals surface area contributed by atoms with E-state index in [1.807, 2.05) is 5.92 Å². The van der Waals surface area contributed by atoms with Gasteiger partial charge in [-0.05, 0) is 28.9 Å². The number of benzene rings is 2. The molecule has 0 saturated heterocycles. The Kier molecular flexibility index (Phi) is 5.34. The molecule has 0 radical (unpaired) electrons. The van der Waals surface area contributed by atoms with Crippen LogP contribution in [0.4, 0.5) is 6.01 Å². The van der Waals surface area contributed by atoms with E-state index in [9.17, 15) is 18.4 Å². The molecule has 1 aromatic heterocycles. The number of carbonyl (C=O) groups is 1. The molecule has 3 rings (SSSR count). The van der Waals surface area contributed by atoms with Gasteiger partial charge in [-0.1, -0.05) is 35.9 Å². The minimum absolute atomic E-state index is 0.00772. The van der Waals surface area contributed by atoms with Gasteiger partial charge in [0.2, 0.25) is 0 Å². The summed E-state index contributed by atoms with van der Waals surface area (Å²) >= 11 is 5.95. The maximum atomic E-state index is 12.3. The van der Waals surface area contributed by atoms with Gasteiger partial charge in [0, 0.05) is 28.3 Å². The molecule has 1 atom stereocenters. The SMILES string of the molecule is C#CC(=O)[N+](C)(O)c1nc(-c2ccc(Cl)cc2)c(-c2ccccc2S(C)(=O)=O)o1. The second kappa shape index (κ2) is 7.46. The molecule has 1 heterocycles. The molecule has 0 fully saturated rings. The standard InChI is InChI=1S/C20H16ClN2O5S/c1-4-17(24)23(2,25)20-22-18(13-9-11-14(21)12-10-13)19(28-20)15-7-5-6-8-16(15)29(3,26)27/h1,5-12,25H,2-3H3/q+1. The number of hydroxylamine groups is 2. The summed E-state index contributed by atoms with van der Waals surface area (Å²) < 4.78 is 28.8. The van der Waals surface area contributed by atoms with E-state index in [0.717, 1.165) is 13.3 Å². The molecule has 1 N–H and O–H groups in total. The molecule has 0 aliphatic rings. The summed E-state index contributed by atoms with van der Waals surface area (Å²) in [4.78, 5) is 16.2. The lowest BCUT2D eigenvalue weighted by Gasteiger charge is -2.13. The Bertz CT molecular complexity index is 1240. The molecule has 1 amide bonds. The highest BCUT2D eigenvalue weighted by Crippen LogP contribution is 2.39. The van der Waals surface area contributed by atoms with Gasteiger partial charge in [-0.15, -0.1) is 6.42 Å². The Hall–Kier alpha value is -2.96. The van der Waals surface area contributed by atoms with Crippen LogP contribution in [-0.2, 0) is 14.6 Å². The minimum atomic E-state index is -3.61. The van der Waals surface area contributed by atoms with Crippen molar-refractivity contribution in [2.24, 2.45) is 0 Å². The number of carbonyl (C=O) groups excluding carboxylic acids is 1. The van der Waals surface area contributed by atoms with Crippen molar-refractivity contribution in [1.29, 1.82) is 0 Å².